The van der Waals surface area contributed by atoms with Gasteiger partial charge in [-0.25, -0.2) is 4.39 Å². The van der Waals surface area contributed by atoms with E-state index in [0.29, 0.717) is 6.04 Å². The van der Waals surface area contributed by atoms with Gasteiger partial charge in [0, 0.05) is 31.9 Å². The standard InChI is InChI=1S/C17H24FNO2/c1-13(14-2-4-15(18)5-3-14)19-16-6-9-21-17(12-16)7-10-20-11-8-17/h2-5,13,16,19H,6-12H2,1H3. The zero-order valence-corrected chi connectivity index (χ0v) is 12.6. The molecule has 0 radical (unpaired) electrons. The zero-order valence-electron chi connectivity index (χ0n) is 12.6. The van der Waals surface area contributed by atoms with E-state index in [9.17, 15) is 4.39 Å². The van der Waals surface area contributed by atoms with Gasteiger partial charge in [0.2, 0.25) is 0 Å². The quantitative estimate of drug-likeness (QED) is 0.928. The SMILES string of the molecule is CC(NC1CCOC2(CCOCC2)C1)c1ccc(F)cc1. The van der Waals surface area contributed by atoms with Crippen molar-refractivity contribution < 1.29 is 13.9 Å². The molecule has 2 unspecified atom stereocenters. The first kappa shape index (κ1) is 14.9. The van der Waals surface area contributed by atoms with Crippen LogP contribution in [0.4, 0.5) is 4.39 Å². The Labute approximate surface area is 125 Å². The number of halogens is 1. The Morgan fingerprint density at radius 2 is 1.90 bits per heavy atom. The molecule has 1 spiro atoms. The monoisotopic (exact) mass is 293 g/mol. The maximum atomic E-state index is 13.0. The third-order valence-electron chi connectivity index (χ3n) is 4.75. The molecule has 0 saturated carbocycles. The summed E-state index contributed by atoms with van der Waals surface area (Å²) in [5, 5.41) is 3.68. The van der Waals surface area contributed by atoms with Crippen LogP contribution in [0.5, 0.6) is 0 Å². The first-order valence-electron chi connectivity index (χ1n) is 7.90. The van der Waals surface area contributed by atoms with E-state index in [4.69, 9.17) is 9.47 Å². The maximum Gasteiger partial charge on any atom is 0.123 e. The van der Waals surface area contributed by atoms with Gasteiger partial charge < -0.3 is 14.8 Å². The highest BCUT2D eigenvalue weighted by Gasteiger charge is 2.39. The highest BCUT2D eigenvalue weighted by atomic mass is 19.1. The van der Waals surface area contributed by atoms with Crippen molar-refractivity contribution >= 4 is 0 Å². The molecule has 0 bridgehead atoms. The van der Waals surface area contributed by atoms with Crippen LogP contribution < -0.4 is 5.32 Å². The van der Waals surface area contributed by atoms with Gasteiger partial charge in [0.1, 0.15) is 5.82 Å². The summed E-state index contributed by atoms with van der Waals surface area (Å²) in [6.45, 7) is 4.56. The summed E-state index contributed by atoms with van der Waals surface area (Å²) in [6, 6.07) is 7.45. The lowest BCUT2D eigenvalue weighted by Gasteiger charge is -2.44. The van der Waals surface area contributed by atoms with E-state index in [1.807, 2.05) is 12.1 Å². The second kappa shape index (κ2) is 6.42. The summed E-state index contributed by atoms with van der Waals surface area (Å²) >= 11 is 0. The van der Waals surface area contributed by atoms with Gasteiger partial charge >= 0.3 is 0 Å². The van der Waals surface area contributed by atoms with Gasteiger partial charge in [0.05, 0.1) is 5.60 Å². The average Bonchev–Trinajstić information content (AvgIpc) is 2.49. The summed E-state index contributed by atoms with van der Waals surface area (Å²) in [6.07, 6.45) is 4.07. The fourth-order valence-corrected chi connectivity index (χ4v) is 3.46. The predicted octanol–water partition coefficient (Wildman–Crippen LogP) is 3.20. The van der Waals surface area contributed by atoms with Crippen LogP contribution in [-0.2, 0) is 9.47 Å². The van der Waals surface area contributed by atoms with Crippen LogP contribution in [-0.4, -0.2) is 31.5 Å². The Hall–Kier alpha value is -0.970. The molecule has 0 aromatic heterocycles. The van der Waals surface area contributed by atoms with Crippen LogP contribution in [0, 0.1) is 5.82 Å². The molecular formula is C17H24FNO2. The smallest absolute Gasteiger partial charge is 0.123 e. The minimum Gasteiger partial charge on any atom is -0.381 e. The maximum absolute atomic E-state index is 13.0. The number of rotatable bonds is 3. The van der Waals surface area contributed by atoms with E-state index in [-0.39, 0.29) is 17.5 Å². The molecule has 2 saturated heterocycles. The van der Waals surface area contributed by atoms with Gasteiger partial charge in [-0.15, -0.1) is 0 Å². The van der Waals surface area contributed by atoms with Gasteiger partial charge in [-0.1, -0.05) is 12.1 Å². The molecule has 2 heterocycles. The Morgan fingerprint density at radius 1 is 1.19 bits per heavy atom. The molecule has 3 rings (SSSR count). The third-order valence-corrected chi connectivity index (χ3v) is 4.75. The summed E-state index contributed by atoms with van der Waals surface area (Å²) in [5.74, 6) is -0.182. The van der Waals surface area contributed by atoms with Crippen molar-refractivity contribution in [2.75, 3.05) is 19.8 Å². The number of ether oxygens (including phenoxy) is 2. The molecule has 0 aliphatic carbocycles. The van der Waals surface area contributed by atoms with E-state index in [1.165, 1.54) is 12.1 Å². The fraction of sp³-hybridized carbons (Fsp3) is 0.647. The highest BCUT2D eigenvalue weighted by molar-refractivity contribution is 5.19. The van der Waals surface area contributed by atoms with Gasteiger partial charge in [-0.2, -0.15) is 0 Å². The second-order valence-corrected chi connectivity index (χ2v) is 6.27. The number of nitrogens with one attached hydrogen (secondary N) is 1. The van der Waals surface area contributed by atoms with Crippen LogP contribution in [0.15, 0.2) is 24.3 Å². The fourth-order valence-electron chi connectivity index (χ4n) is 3.46. The van der Waals surface area contributed by atoms with Gasteiger partial charge in [-0.05, 0) is 50.3 Å². The van der Waals surface area contributed by atoms with Gasteiger partial charge in [0.15, 0.2) is 0 Å². The first-order chi connectivity index (χ1) is 10.2. The molecule has 21 heavy (non-hydrogen) atoms. The molecule has 116 valence electrons. The number of hydrogen-bond acceptors (Lipinski definition) is 3. The summed E-state index contributed by atoms with van der Waals surface area (Å²) < 4.78 is 24.5. The molecule has 1 aromatic carbocycles. The Morgan fingerprint density at radius 3 is 2.62 bits per heavy atom. The van der Waals surface area contributed by atoms with Crippen LogP contribution in [0.1, 0.15) is 44.2 Å². The van der Waals surface area contributed by atoms with Crippen molar-refractivity contribution in [2.45, 2.75) is 50.3 Å². The molecule has 4 heteroatoms. The Balaban J connectivity index is 1.60. The molecule has 1 aromatic rings. The number of hydrogen-bond donors (Lipinski definition) is 1. The van der Waals surface area contributed by atoms with Crippen molar-refractivity contribution in [3.8, 4) is 0 Å². The Bertz CT molecular complexity index is 451. The highest BCUT2D eigenvalue weighted by Crippen LogP contribution is 2.35. The predicted molar refractivity (Wildman–Crippen MR) is 79.7 cm³/mol. The minimum absolute atomic E-state index is 0.0106. The normalized spacial score (nSPS) is 26.7. The van der Waals surface area contributed by atoms with Crippen LogP contribution in [0.3, 0.4) is 0 Å². The molecule has 3 nitrogen and oxygen atoms in total. The van der Waals surface area contributed by atoms with Crippen LogP contribution in [0.2, 0.25) is 0 Å². The van der Waals surface area contributed by atoms with E-state index >= 15 is 0 Å². The van der Waals surface area contributed by atoms with Crippen molar-refractivity contribution in [1.29, 1.82) is 0 Å². The van der Waals surface area contributed by atoms with Crippen molar-refractivity contribution in [3.63, 3.8) is 0 Å². The average molecular weight is 293 g/mol. The first-order valence-corrected chi connectivity index (χ1v) is 7.90. The topological polar surface area (TPSA) is 30.5 Å². The third kappa shape index (κ3) is 3.62. The van der Waals surface area contributed by atoms with E-state index < -0.39 is 0 Å². The van der Waals surface area contributed by atoms with Gasteiger partial charge in [0.25, 0.3) is 0 Å². The zero-order chi connectivity index (χ0) is 14.7. The summed E-state index contributed by atoms with van der Waals surface area (Å²) in [4.78, 5) is 0. The Kier molecular flexibility index (Phi) is 4.57. The van der Waals surface area contributed by atoms with Gasteiger partial charge in [-0.3, -0.25) is 0 Å². The molecule has 2 aliphatic heterocycles. The van der Waals surface area contributed by atoms with Crippen LogP contribution >= 0.6 is 0 Å². The van der Waals surface area contributed by atoms with E-state index in [0.717, 1.165) is 51.1 Å². The molecular weight excluding hydrogens is 269 g/mol. The van der Waals surface area contributed by atoms with Crippen LogP contribution in [0.25, 0.3) is 0 Å². The largest absolute Gasteiger partial charge is 0.381 e. The lowest BCUT2D eigenvalue weighted by Crippen LogP contribution is -2.50. The molecule has 1 N–H and O–H groups in total. The van der Waals surface area contributed by atoms with Crippen molar-refractivity contribution in [2.24, 2.45) is 0 Å². The van der Waals surface area contributed by atoms with Crippen molar-refractivity contribution in [1.82, 2.24) is 5.32 Å². The van der Waals surface area contributed by atoms with E-state index in [1.54, 1.807) is 0 Å². The second-order valence-electron chi connectivity index (χ2n) is 6.27. The van der Waals surface area contributed by atoms with E-state index in [2.05, 4.69) is 12.2 Å². The number of benzene rings is 1. The summed E-state index contributed by atoms with van der Waals surface area (Å²) in [5.41, 5.74) is 1.14. The lowest BCUT2D eigenvalue weighted by atomic mass is 9.83. The molecule has 2 fully saturated rings. The molecule has 2 atom stereocenters. The summed E-state index contributed by atoms with van der Waals surface area (Å²) in [7, 11) is 0. The lowest BCUT2D eigenvalue weighted by molar-refractivity contribution is -0.140. The molecule has 2 aliphatic rings. The minimum atomic E-state index is -0.182. The van der Waals surface area contributed by atoms with Crippen molar-refractivity contribution in [3.05, 3.63) is 35.6 Å². The molecule has 0 amide bonds.